The standard InChI is InChI=1S/C14H17ClO3/c1-14(2)11(12(14)13(16)17)8-18-7-9-3-5-10(15)6-4-9/h3-6,11-12H,7-8H2,1-2H3,(H,16,17). The van der Waals surface area contributed by atoms with Gasteiger partial charge in [0.25, 0.3) is 0 Å². The summed E-state index contributed by atoms with van der Waals surface area (Å²) in [4.78, 5) is 11.0. The molecule has 0 amide bonds. The molecule has 0 aromatic heterocycles. The van der Waals surface area contributed by atoms with Crippen LogP contribution < -0.4 is 0 Å². The fourth-order valence-electron chi connectivity index (χ4n) is 2.43. The van der Waals surface area contributed by atoms with E-state index < -0.39 is 5.97 Å². The number of hydrogen-bond acceptors (Lipinski definition) is 2. The third-order valence-corrected chi connectivity index (χ3v) is 4.05. The summed E-state index contributed by atoms with van der Waals surface area (Å²) in [6.45, 7) is 4.94. The number of hydrogen-bond donors (Lipinski definition) is 1. The Morgan fingerprint density at radius 2 is 2.00 bits per heavy atom. The number of aliphatic carboxylic acids is 1. The Bertz CT molecular complexity index is 439. The van der Waals surface area contributed by atoms with Crippen molar-refractivity contribution >= 4 is 17.6 Å². The smallest absolute Gasteiger partial charge is 0.307 e. The number of carbonyl (C=O) groups is 1. The zero-order chi connectivity index (χ0) is 13.3. The van der Waals surface area contributed by atoms with E-state index in [0.717, 1.165) is 5.56 Å². The summed E-state index contributed by atoms with van der Waals surface area (Å²) >= 11 is 5.79. The van der Waals surface area contributed by atoms with Crippen LogP contribution in [0.15, 0.2) is 24.3 Å². The van der Waals surface area contributed by atoms with Crippen molar-refractivity contribution in [3.05, 3.63) is 34.9 Å². The molecule has 1 aliphatic rings. The molecule has 0 heterocycles. The summed E-state index contributed by atoms with van der Waals surface area (Å²) in [5, 5.41) is 9.74. The molecular weight excluding hydrogens is 252 g/mol. The van der Waals surface area contributed by atoms with Gasteiger partial charge in [0.2, 0.25) is 0 Å². The first-order chi connectivity index (χ1) is 8.43. The number of carboxylic acids is 1. The first-order valence-corrected chi connectivity index (χ1v) is 6.35. The van der Waals surface area contributed by atoms with Crippen molar-refractivity contribution in [1.82, 2.24) is 0 Å². The first kappa shape index (κ1) is 13.4. The Hall–Kier alpha value is -1.06. The van der Waals surface area contributed by atoms with E-state index in [-0.39, 0.29) is 17.3 Å². The van der Waals surface area contributed by atoms with Crippen LogP contribution in [0.1, 0.15) is 19.4 Å². The van der Waals surface area contributed by atoms with Gasteiger partial charge in [0, 0.05) is 10.9 Å². The quantitative estimate of drug-likeness (QED) is 0.892. The summed E-state index contributed by atoms with van der Waals surface area (Å²) in [5.41, 5.74) is 0.899. The van der Waals surface area contributed by atoms with E-state index in [2.05, 4.69) is 0 Å². The largest absolute Gasteiger partial charge is 0.481 e. The van der Waals surface area contributed by atoms with Crippen LogP contribution in [-0.2, 0) is 16.1 Å². The van der Waals surface area contributed by atoms with E-state index in [1.165, 1.54) is 0 Å². The van der Waals surface area contributed by atoms with Crippen LogP contribution in [0.4, 0.5) is 0 Å². The monoisotopic (exact) mass is 268 g/mol. The minimum atomic E-state index is -0.722. The number of benzene rings is 1. The van der Waals surface area contributed by atoms with Gasteiger partial charge in [-0.05, 0) is 23.1 Å². The van der Waals surface area contributed by atoms with Crippen LogP contribution in [0.2, 0.25) is 5.02 Å². The number of ether oxygens (including phenoxy) is 1. The van der Waals surface area contributed by atoms with Gasteiger partial charge in [-0.2, -0.15) is 0 Å². The second kappa shape index (κ2) is 4.90. The van der Waals surface area contributed by atoms with E-state index in [9.17, 15) is 4.79 Å². The van der Waals surface area contributed by atoms with Crippen molar-refractivity contribution in [3.8, 4) is 0 Å². The van der Waals surface area contributed by atoms with Crippen molar-refractivity contribution in [1.29, 1.82) is 0 Å². The van der Waals surface area contributed by atoms with Crippen LogP contribution in [0.5, 0.6) is 0 Å². The molecule has 18 heavy (non-hydrogen) atoms. The van der Waals surface area contributed by atoms with Gasteiger partial charge in [-0.25, -0.2) is 0 Å². The van der Waals surface area contributed by atoms with E-state index in [4.69, 9.17) is 21.4 Å². The molecule has 1 saturated carbocycles. The molecule has 98 valence electrons. The molecule has 1 aromatic rings. The summed E-state index contributed by atoms with van der Waals surface area (Å²) in [5.74, 6) is -0.884. The molecule has 1 aromatic carbocycles. The molecule has 2 rings (SSSR count). The summed E-state index contributed by atoms with van der Waals surface area (Å²) < 4.78 is 5.59. The molecule has 1 aliphatic carbocycles. The average Bonchev–Trinajstić information content (AvgIpc) is 2.84. The van der Waals surface area contributed by atoms with E-state index in [1.54, 1.807) is 0 Å². The van der Waals surface area contributed by atoms with Gasteiger partial charge < -0.3 is 9.84 Å². The lowest BCUT2D eigenvalue weighted by molar-refractivity contribution is -0.139. The highest BCUT2D eigenvalue weighted by atomic mass is 35.5. The van der Waals surface area contributed by atoms with Gasteiger partial charge in [-0.3, -0.25) is 4.79 Å². The highest BCUT2D eigenvalue weighted by Gasteiger charge is 2.61. The van der Waals surface area contributed by atoms with E-state index in [1.807, 2.05) is 38.1 Å². The molecule has 0 spiro atoms. The molecule has 2 atom stereocenters. The maximum absolute atomic E-state index is 11.0. The minimum absolute atomic E-state index is 0.113. The first-order valence-electron chi connectivity index (χ1n) is 5.98. The molecule has 1 fully saturated rings. The fraction of sp³-hybridized carbons (Fsp3) is 0.500. The second-order valence-corrected chi connectivity index (χ2v) is 5.82. The van der Waals surface area contributed by atoms with Crippen molar-refractivity contribution in [2.24, 2.45) is 17.3 Å². The third kappa shape index (κ3) is 2.68. The normalized spacial score (nSPS) is 24.8. The Labute approximate surface area is 112 Å². The average molecular weight is 269 g/mol. The third-order valence-electron chi connectivity index (χ3n) is 3.80. The van der Waals surface area contributed by atoms with Crippen LogP contribution in [0.3, 0.4) is 0 Å². The maximum atomic E-state index is 11.0. The molecule has 0 bridgehead atoms. The molecule has 4 heteroatoms. The lowest BCUT2D eigenvalue weighted by Crippen LogP contribution is -2.04. The Kier molecular flexibility index (Phi) is 3.64. The van der Waals surface area contributed by atoms with Gasteiger partial charge in [0.05, 0.1) is 19.1 Å². The van der Waals surface area contributed by atoms with E-state index in [0.29, 0.717) is 18.2 Å². The number of carboxylic acid groups (broad SMARTS) is 1. The second-order valence-electron chi connectivity index (χ2n) is 5.39. The SMILES string of the molecule is CC1(C)C(COCc2ccc(Cl)cc2)C1C(=O)O. The molecule has 1 N–H and O–H groups in total. The van der Waals surface area contributed by atoms with Crippen molar-refractivity contribution in [3.63, 3.8) is 0 Å². The van der Waals surface area contributed by atoms with Crippen LogP contribution in [0, 0.1) is 17.3 Å². The minimum Gasteiger partial charge on any atom is -0.481 e. The Balaban J connectivity index is 1.80. The summed E-state index contributed by atoms with van der Waals surface area (Å²) in [6.07, 6.45) is 0. The fourth-order valence-corrected chi connectivity index (χ4v) is 2.56. The highest BCUT2D eigenvalue weighted by Crippen LogP contribution is 2.58. The van der Waals surface area contributed by atoms with Crippen molar-refractivity contribution in [2.75, 3.05) is 6.61 Å². The number of rotatable bonds is 5. The van der Waals surface area contributed by atoms with E-state index >= 15 is 0 Å². The van der Waals surface area contributed by atoms with Crippen LogP contribution >= 0.6 is 11.6 Å². The van der Waals surface area contributed by atoms with Gasteiger partial charge in [-0.15, -0.1) is 0 Å². The van der Waals surface area contributed by atoms with Gasteiger partial charge in [-0.1, -0.05) is 37.6 Å². The zero-order valence-corrected chi connectivity index (χ0v) is 11.3. The van der Waals surface area contributed by atoms with Crippen LogP contribution in [-0.4, -0.2) is 17.7 Å². The van der Waals surface area contributed by atoms with Crippen molar-refractivity contribution < 1.29 is 14.6 Å². The zero-order valence-electron chi connectivity index (χ0n) is 10.5. The Morgan fingerprint density at radius 3 is 2.50 bits per heavy atom. The van der Waals surface area contributed by atoms with Crippen LogP contribution in [0.25, 0.3) is 0 Å². The predicted octanol–water partition coefficient (Wildman–Crippen LogP) is 3.21. The molecule has 2 unspecified atom stereocenters. The summed E-state index contributed by atoms with van der Waals surface area (Å²) in [6, 6.07) is 7.47. The van der Waals surface area contributed by atoms with Gasteiger partial charge >= 0.3 is 5.97 Å². The van der Waals surface area contributed by atoms with Gasteiger partial charge in [0.1, 0.15) is 0 Å². The lowest BCUT2D eigenvalue weighted by Gasteiger charge is -2.05. The molecule has 0 saturated heterocycles. The molecule has 0 radical (unpaired) electrons. The lowest BCUT2D eigenvalue weighted by atomic mass is 10.1. The number of halogens is 1. The summed E-state index contributed by atoms with van der Waals surface area (Å²) in [7, 11) is 0. The molecule has 0 aliphatic heterocycles. The van der Waals surface area contributed by atoms with Gasteiger partial charge in [0.15, 0.2) is 0 Å². The predicted molar refractivity (Wildman–Crippen MR) is 69.5 cm³/mol. The topological polar surface area (TPSA) is 46.5 Å². The Morgan fingerprint density at radius 1 is 1.39 bits per heavy atom. The molecule has 3 nitrogen and oxygen atoms in total. The van der Waals surface area contributed by atoms with Crippen molar-refractivity contribution in [2.45, 2.75) is 20.5 Å². The molecular formula is C14H17ClO3. The highest BCUT2D eigenvalue weighted by molar-refractivity contribution is 6.30. The maximum Gasteiger partial charge on any atom is 0.307 e.